The molecule has 0 aliphatic carbocycles. The minimum atomic E-state index is -0.965. The van der Waals surface area contributed by atoms with E-state index in [0.29, 0.717) is 0 Å². The van der Waals surface area contributed by atoms with Crippen molar-refractivity contribution in [3.05, 3.63) is 35.9 Å². The zero-order valence-electron chi connectivity index (χ0n) is 7.88. The number of carboxylic acids is 1. The fourth-order valence-electron chi connectivity index (χ4n) is 1.26. The molecule has 0 aliphatic rings. The van der Waals surface area contributed by atoms with E-state index in [1.165, 1.54) is 11.8 Å². The average molecular weight is 211 g/mol. The maximum Gasteiger partial charge on any atom is 0.321 e. The van der Waals surface area contributed by atoms with E-state index in [-0.39, 0.29) is 5.25 Å². The standard InChI is InChI=1S/C10H13NO2S/c1-14-9(8(11)10(12)13)7-5-3-2-4-6-7/h2-6,8-9H,11H2,1H3,(H,12,13). The van der Waals surface area contributed by atoms with Crippen LogP contribution in [0.3, 0.4) is 0 Å². The number of carboxylic acid groups (broad SMARTS) is 1. The van der Waals surface area contributed by atoms with Gasteiger partial charge in [-0.2, -0.15) is 11.8 Å². The first kappa shape index (κ1) is 11.1. The summed E-state index contributed by atoms with van der Waals surface area (Å²) in [7, 11) is 0. The quantitative estimate of drug-likeness (QED) is 0.792. The molecule has 0 spiro atoms. The van der Waals surface area contributed by atoms with Crippen molar-refractivity contribution in [3.63, 3.8) is 0 Å². The molecule has 14 heavy (non-hydrogen) atoms. The van der Waals surface area contributed by atoms with Gasteiger partial charge in [-0.15, -0.1) is 0 Å². The smallest absolute Gasteiger partial charge is 0.321 e. The number of carbonyl (C=O) groups is 1. The maximum absolute atomic E-state index is 10.7. The molecule has 3 N–H and O–H groups in total. The lowest BCUT2D eigenvalue weighted by molar-refractivity contribution is -0.138. The molecule has 0 amide bonds. The maximum atomic E-state index is 10.7. The van der Waals surface area contributed by atoms with Gasteiger partial charge in [0, 0.05) is 0 Å². The van der Waals surface area contributed by atoms with Crippen LogP contribution in [-0.4, -0.2) is 23.4 Å². The molecule has 1 aromatic rings. The zero-order valence-corrected chi connectivity index (χ0v) is 8.70. The van der Waals surface area contributed by atoms with Crippen molar-refractivity contribution in [2.75, 3.05) is 6.26 Å². The summed E-state index contributed by atoms with van der Waals surface area (Å²) in [5.41, 5.74) is 6.54. The van der Waals surface area contributed by atoms with Gasteiger partial charge in [0.2, 0.25) is 0 Å². The molecule has 1 rings (SSSR count). The molecular formula is C10H13NO2S. The molecule has 4 heteroatoms. The van der Waals surface area contributed by atoms with Crippen LogP contribution in [0.1, 0.15) is 10.8 Å². The molecule has 76 valence electrons. The third kappa shape index (κ3) is 2.49. The second kappa shape index (κ2) is 5.02. The molecule has 0 aromatic heterocycles. The summed E-state index contributed by atoms with van der Waals surface area (Å²) in [6, 6.07) is 8.59. The van der Waals surface area contributed by atoms with Crippen molar-refractivity contribution in [1.82, 2.24) is 0 Å². The molecule has 2 unspecified atom stereocenters. The Kier molecular flexibility index (Phi) is 3.98. The van der Waals surface area contributed by atoms with Crippen LogP contribution < -0.4 is 5.73 Å². The molecular weight excluding hydrogens is 198 g/mol. The Hall–Kier alpha value is -1.00. The first-order chi connectivity index (χ1) is 6.66. The zero-order chi connectivity index (χ0) is 10.6. The lowest BCUT2D eigenvalue weighted by Crippen LogP contribution is -2.35. The van der Waals surface area contributed by atoms with Crippen molar-refractivity contribution in [2.45, 2.75) is 11.3 Å². The van der Waals surface area contributed by atoms with Crippen molar-refractivity contribution >= 4 is 17.7 Å². The summed E-state index contributed by atoms with van der Waals surface area (Å²) in [6.07, 6.45) is 1.86. The van der Waals surface area contributed by atoms with Crippen LogP contribution in [0, 0.1) is 0 Å². The Morgan fingerprint density at radius 1 is 1.43 bits per heavy atom. The largest absolute Gasteiger partial charge is 0.480 e. The summed E-state index contributed by atoms with van der Waals surface area (Å²) < 4.78 is 0. The Bertz CT molecular complexity index is 302. The van der Waals surface area contributed by atoms with E-state index in [4.69, 9.17) is 10.8 Å². The summed E-state index contributed by atoms with van der Waals surface area (Å²) in [5, 5.41) is 8.62. The van der Waals surface area contributed by atoms with E-state index in [1.807, 2.05) is 36.6 Å². The fourth-order valence-corrected chi connectivity index (χ4v) is 2.10. The normalized spacial score (nSPS) is 14.7. The van der Waals surface area contributed by atoms with Crippen molar-refractivity contribution in [2.24, 2.45) is 5.73 Å². The topological polar surface area (TPSA) is 63.3 Å². The first-order valence-corrected chi connectivity index (χ1v) is 5.51. The highest BCUT2D eigenvalue weighted by Crippen LogP contribution is 2.28. The van der Waals surface area contributed by atoms with Crippen LogP contribution in [0.2, 0.25) is 0 Å². The van der Waals surface area contributed by atoms with Crippen LogP contribution in [0.4, 0.5) is 0 Å². The minimum absolute atomic E-state index is 0.186. The minimum Gasteiger partial charge on any atom is -0.480 e. The van der Waals surface area contributed by atoms with Gasteiger partial charge in [0.05, 0.1) is 5.25 Å². The highest BCUT2D eigenvalue weighted by Gasteiger charge is 2.24. The summed E-state index contributed by atoms with van der Waals surface area (Å²) in [5.74, 6) is -0.965. The second-order valence-corrected chi connectivity index (χ2v) is 3.91. The summed E-state index contributed by atoms with van der Waals surface area (Å²) in [4.78, 5) is 10.7. The van der Waals surface area contributed by atoms with Crippen LogP contribution in [0.25, 0.3) is 0 Å². The first-order valence-electron chi connectivity index (χ1n) is 4.23. The van der Waals surface area contributed by atoms with E-state index < -0.39 is 12.0 Å². The second-order valence-electron chi connectivity index (χ2n) is 2.93. The molecule has 0 aliphatic heterocycles. The monoisotopic (exact) mass is 211 g/mol. The van der Waals surface area contributed by atoms with Gasteiger partial charge in [0.1, 0.15) is 6.04 Å². The molecule has 0 saturated heterocycles. The highest BCUT2D eigenvalue weighted by molar-refractivity contribution is 7.98. The van der Waals surface area contributed by atoms with Gasteiger partial charge in [-0.1, -0.05) is 30.3 Å². The van der Waals surface area contributed by atoms with Gasteiger partial charge >= 0.3 is 5.97 Å². The van der Waals surface area contributed by atoms with E-state index >= 15 is 0 Å². The third-order valence-corrected chi connectivity index (χ3v) is 3.07. The predicted octanol–water partition coefficient (Wildman–Crippen LogP) is 1.50. The van der Waals surface area contributed by atoms with Crippen LogP contribution in [0.5, 0.6) is 0 Å². The Balaban J connectivity index is 2.87. The molecule has 0 heterocycles. The van der Waals surface area contributed by atoms with Gasteiger partial charge in [-0.3, -0.25) is 4.79 Å². The number of nitrogens with two attached hydrogens (primary N) is 1. The fraction of sp³-hybridized carbons (Fsp3) is 0.300. The molecule has 3 nitrogen and oxygen atoms in total. The van der Waals surface area contributed by atoms with Crippen molar-refractivity contribution in [3.8, 4) is 0 Å². The number of hydrogen-bond acceptors (Lipinski definition) is 3. The van der Waals surface area contributed by atoms with E-state index in [1.54, 1.807) is 0 Å². The Morgan fingerprint density at radius 3 is 2.43 bits per heavy atom. The number of thioether (sulfide) groups is 1. The lowest BCUT2D eigenvalue weighted by Gasteiger charge is -2.18. The summed E-state index contributed by atoms with van der Waals surface area (Å²) in [6.45, 7) is 0. The summed E-state index contributed by atoms with van der Waals surface area (Å²) >= 11 is 1.45. The average Bonchev–Trinajstić information content (AvgIpc) is 2.20. The van der Waals surface area contributed by atoms with Crippen LogP contribution >= 0.6 is 11.8 Å². The molecule has 2 atom stereocenters. The SMILES string of the molecule is CSC(c1ccccc1)C(N)C(=O)O. The van der Waals surface area contributed by atoms with Crippen LogP contribution in [0.15, 0.2) is 30.3 Å². The van der Waals surface area contributed by atoms with Gasteiger partial charge in [0.15, 0.2) is 0 Å². The number of hydrogen-bond donors (Lipinski definition) is 2. The van der Waals surface area contributed by atoms with Gasteiger partial charge in [-0.25, -0.2) is 0 Å². The van der Waals surface area contributed by atoms with E-state index in [9.17, 15) is 4.79 Å². The number of aliphatic carboxylic acids is 1. The third-order valence-electron chi connectivity index (χ3n) is 1.99. The van der Waals surface area contributed by atoms with Gasteiger partial charge in [-0.05, 0) is 11.8 Å². The molecule has 0 fully saturated rings. The van der Waals surface area contributed by atoms with Crippen molar-refractivity contribution in [1.29, 1.82) is 0 Å². The van der Waals surface area contributed by atoms with Crippen LogP contribution in [-0.2, 0) is 4.79 Å². The number of benzene rings is 1. The van der Waals surface area contributed by atoms with E-state index in [2.05, 4.69) is 0 Å². The lowest BCUT2D eigenvalue weighted by atomic mass is 10.1. The Labute approximate surface area is 87.3 Å². The molecule has 1 aromatic carbocycles. The molecule has 0 radical (unpaired) electrons. The molecule has 0 saturated carbocycles. The predicted molar refractivity (Wildman–Crippen MR) is 58.3 cm³/mol. The van der Waals surface area contributed by atoms with Crippen molar-refractivity contribution < 1.29 is 9.90 Å². The van der Waals surface area contributed by atoms with Gasteiger partial charge < -0.3 is 10.8 Å². The number of rotatable bonds is 4. The Morgan fingerprint density at radius 2 is 2.00 bits per heavy atom. The highest BCUT2D eigenvalue weighted by atomic mass is 32.2. The van der Waals surface area contributed by atoms with E-state index in [0.717, 1.165) is 5.56 Å². The van der Waals surface area contributed by atoms with Gasteiger partial charge in [0.25, 0.3) is 0 Å². The molecule has 0 bridgehead atoms.